The van der Waals surface area contributed by atoms with Crippen molar-refractivity contribution in [1.82, 2.24) is 4.90 Å². The maximum Gasteiger partial charge on any atom is 0.176 e. The molecule has 4 heteroatoms. The summed E-state index contributed by atoms with van der Waals surface area (Å²) in [4.78, 5) is 13.9. The lowest BCUT2D eigenvalue weighted by molar-refractivity contribution is 0.0937. The van der Waals surface area contributed by atoms with E-state index in [0.717, 1.165) is 18.7 Å². The summed E-state index contributed by atoms with van der Waals surface area (Å²) in [5.74, 6) is -1.39. The number of Topliss-reactive ketones (excluding diaryl/α,β-unsaturated/α-hetero) is 1. The molecule has 1 fully saturated rings. The number of nitrogens with zero attached hydrogens (tertiary/aromatic N) is 1. The Hall–Kier alpha value is -1.29. The van der Waals surface area contributed by atoms with Crippen LogP contribution in [0.1, 0.15) is 36.0 Å². The van der Waals surface area contributed by atoms with Gasteiger partial charge in [0, 0.05) is 12.1 Å². The minimum atomic E-state index is -0.968. The molecule has 0 aromatic heterocycles. The molecule has 0 spiro atoms. The van der Waals surface area contributed by atoms with Gasteiger partial charge in [-0.3, -0.25) is 9.69 Å². The highest BCUT2D eigenvalue weighted by molar-refractivity contribution is 5.97. The number of ketones is 1. The van der Waals surface area contributed by atoms with E-state index in [1.165, 1.54) is 31.7 Å². The van der Waals surface area contributed by atoms with Crippen molar-refractivity contribution in [3.63, 3.8) is 0 Å². The van der Waals surface area contributed by atoms with Gasteiger partial charge in [0.05, 0.1) is 6.54 Å². The molecule has 0 unspecified atom stereocenters. The summed E-state index contributed by atoms with van der Waals surface area (Å²) in [6, 6.07) is 3.31. The quantitative estimate of drug-likeness (QED) is 0.763. The van der Waals surface area contributed by atoms with E-state index in [9.17, 15) is 13.6 Å². The maximum absolute atomic E-state index is 13.1. The molecule has 0 N–H and O–H groups in total. The number of halogens is 2. The van der Waals surface area contributed by atoms with E-state index in [2.05, 4.69) is 0 Å². The first kappa shape index (κ1) is 14.1. The van der Waals surface area contributed by atoms with Crippen molar-refractivity contribution < 1.29 is 13.6 Å². The monoisotopic (exact) mass is 267 g/mol. The predicted molar refractivity (Wildman–Crippen MR) is 70.1 cm³/mol. The Morgan fingerprint density at radius 1 is 1.26 bits per heavy atom. The highest BCUT2D eigenvalue weighted by Crippen LogP contribution is 2.25. The second-order valence-corrected chi connectivity index (χ2v) is 5.40. The van der Waals surface area contributed by atoms with Gasteiger partial charge in [-0.05, 0) is 44.0 Å². The Morgan fingerprint density at radius 2 is 1.95 bits per heavy atom. The summed E-state index contributed by atoms with van der Waals surface area (Å²) in [6.07, 6.45) is 5.00. The van der Waals surface area contributed by atoms with Crippen LogP contribution in [0.25, 0.3) is 0 Å². The molecule has 2 nitrogen and oxygen atoms in total. The first-order chi connectivity index (χ1) is 9.06. The zero-order valence-electron chi connectivity index (χ0n) is 11.2. The van der Waals surface area contributed by atoms with Gasteiger partial charge in [0.1, 0.15) is 0 Å². The number of carbonyl (C=O) groups excluding carboxylic acids is 1. The van der Waals surface area contributed by atoms with Crippen LogP contribution in [-0.4, -0.2) is 30.8 Å². The molecule has 1 aliphatic rings. The third-order valence-electron chi connectivity index (χ3n) is 3.70. The van der Waals surface area contributed by atoms with E-state index in [1.54, 1.807) is 0 Å². The first-order valence-electron chi connectivity index (χ1n) is 6.73. The summed E-state index contributed by atoms with van der Waals surface area (Å²) in [6.45, 7) is 1.15. The largest absolute Gasteiger partial charge is 0.299 e. The van der Waals surface area contributed by atoms with Gasteiger partial charge in [0.25, 0.3) is 0 Å². The number of rotatable bonds is 5. The van der Waals surface area contributed by atoms with Gasteiger partial charge in [-0.15, -0.1) is 0 Å². The Kier molecular flexibility index (Phi) is 4.64. The predicted octanol–water partition coefficient (Wildman–Crippen LogP) is 3.27. The Labute approximate surface area is 112 Å². The maximum atomic E-state index is 13.1. The first-order valence-corrected chi connectivity index (χ1v) is 6.73. The number of hydrogen-bond acceptors (Lipinski definition) is 2. The molecule has 0 amide bonds. The van der Waals surface area contributed by atoms with Gasteiger partial charge >= 0.3 is 0 Å². The summed E-state index contributed by atoms with van der Waals surface area (Å²) < 4.78 is 25.9. The average Bonchev–Trinajstić information content (AvgIpc) is 2.85. The van der Waals surface area contributed by atoms with Crippen LogP contribution in [0.4, 0.5) is 8.78 Å². The molecular formula is C15H19F2NO. The zero-order valence-corrected chi connectivity index (χ0v) is 11.2. The van der Waals surface area contributed by atoms with Crippen molar-refractivity contribution in [3.05, 3.63) is 35.4 Å². The number of likely N-dealkylation sites (N-methyl/N-ethyl adjacent to an activating group) is 1. The van der Waals surface area contributed by atoms with Crippen LogP contribution in [0.15, 0.2) is 18.2 Å². The fourth-order valence-corrected chi connectivity index (χ4v) is 2.70. The SMILES string of the molecule is CN(CC(=O)c1ccc(F)c(F)c1)CC1CCCC1. The molecule has 0 radical (unpaired) electrons. The van der Waals surface area contributed by atoms with Crippen LogP contribution in [0.3, 0.4) is 0 Å². The second kappa shape index (κ2) is 6.24. The van der Waals surface area contributed by atoms with Gasteiger partial charge in [-0.25, -0.2) is 8.78 Å². The molecule has 19 heavy (non-hydrogen) atoms. The summed E-state index contributed by atoms with van der Waals surface area (Å²) in [5.41, 5.74) is 0.233. The number of benzene rings is 1. The van der Waals surface area contributed by atoms with Crippen LogP contribution in [-0.2, 0) is 0 Å². The van der Waals surface area contributed by atoms with Crippen LogP contribution in [0.5, 0.6) is 0 Å². The van der Waals surface area contributed by atoms with Crippen LogP contribution >= 0.6 is 0 Å². The number of carbonyl (C=O) groups is 1. The van der Waals surface area contributed by atoms with E-state index in [-0.39, 0.29) is 17.9 Å². The van der Waals surface area contributed by atoms with Crippen molar-refractivity contribution in [1.29, 1.82) is 0 Å². The zero-order chi connectivity index (χ0) is 13.8. The lowest BCUT2D eigenvalue weighted by atomic mass is 10.1. The summed E-state index contributed by atoms with van der Waals surface area (Å²) in [7, 11) is 1.90. The fraction of sp³-hybridized carbons (Fsp3) is 0.533. The molecule has 104 valence electrons. The highest BCUT2D eigenvalue weighted by Gasteiger charge is 2.18. The molecule has 0 atom stereocenters. The Bertz CT molecular complexity index is 455. The van der Waals surface area contributed by atoms with Gasteiger partial charge in [0.2, 0.25) is 0 Å². The minimum absolute atomic E-state index is 0.167. The molecule has 0 aliphatic heterocycles. The van der Waals surface area contributed by atoms with Crippen molar-refractivity contribution in [2.24, 2.45) is 5.92 Å². The smallest absolute Gasteiger partial charge is 0.176 e. The minimum Gasteiger partial charge on any atom is -0.299 e. The summed E-state index contributed by atoms with van der Waals surface area (Å²) >= 11 is 0. The second-order valence-electron chi connectivity index (χ2n) is 5.40. The van der Waals surface area contributed by atoms with Gasteiger partial charge in [0.15, 0.2) is 17.4 Å². The van der Waals surface area contributed by atoms with Gasteiger partial charge < -0.3 is 0 Å². The third kappa shape index (κ3) is 3.83. The molecule has 0 bridgehead atoms. The van der Waals surface area contributed by atoms with E-state index in [4.69, 9.17) is 0 Å². The van der Waals surface area contributed by atoms with Crippen molar-refractivity contribution in [2.75, 3.05) is 20.1 Å². The van der Waals surface area contributed by atoms with Crippen molar-refractivity contribution in [2.45, 2.75) is 25.7 Å². The normalized spacial score (nSPS) is 16.2. The summed E-state index contributed by atoms with van der Waals surface area (Å²) in [5, 5.41) is 0. The van der Waals surface area contributed by atoms with Crippen molar-refractivity contribution in [3.8, 4) is 0 Å². The molecule has 1 aromatic carbocycles. The molecule has 0 saturated heterocycles. The lowest BCUT2D eigenvalue weighted by Gasteiger charge is -2.19. The van der Waals surface area contributed by atoms with Crippen molar-refractivity contribution >= 4 is 5.78 Å². The van der Waals surface area contributed by atoms with E-state index < -0.39 is 11.6 Å². The van der Waals surface area contributed by atoms with Crippen LogP contribution in [0.2, 0.25) is 0 Å². The third-order valence-corrected chi connectivity index (χ3v) is 3.70. The highest BCUT2D eigenvalue weighted by atomic mass is 19.2. The topological polar surface area (TPSA) is 20.3 Å². The van der Waals surface area contributed by atoms with E-state index in [0.29, 0.717) is 5.92 Å². The average molecular weight is 267 g/mol. The Morgan fingerprint density at radius 3 is 2.58 bits per heavy atom. The van der Waals surface area contributed by atoms with Crippen LogP contribution in [0, 0.1) is 17.6 Å². The Balaban J connectivity index is 1.90. The van der Waals surface area contributed by atoms with E-state index >= 15 is 0 Å². The van der Waals surface area contributed by atoms with Gasteiger partial charge in [-0.1, -0.05) is 12.8 Å². The molecule has 2 rings (SSSR count). The molecule has 1 aliphatic carbocycles. The molecular weight excluding hydrogens is 248 g/mol. The molecule has 1 aromatic rings. The fourth-order valence-electron chi connectivity index (χ4n) is 2.70. The standard InChI is InChI=1S/C15H19F2NO/c1-18(9-11-4-2-3-5-11)10-15(19)12-6-7-13(16)14(17)8-12/h6-8,11H,2-5,9-10H2,1H3. The molecule has 1 saturated carbocycles. The van der Waals surface area contributed by atoms with E-state index in [1.807, 2.05) is 11.9 Å². The van der Waals surface area contributed by atoms with Gasteiger partial charge in [-0.2, -0.15) is 0 Å². The lowest BCUT2D eigenvalue weighted by Crippen LogP contribution is -2.30. The van der Waals surface area contributed by atoms with Crippen LogP contribution < -0.4 is 0 Å². The molecule has 0 heterocycles. The number of hydrogen-bond donors (Lipinski definition) is 0.